The van der Waals surface area contributed by atoms with Gasteiger partial charge in [-0.15, -0.1) is 0 Å². The summed E-state index contributed by atoms with van der Waals surface area (Å²) in [6.07, 6.45) is 1.05. The monoisotopic (exact) mass is 362 g/mol. The van der Waals surface area contributed by atoms with Crippen LogP contribution in [-0.4, -0.2) is 10.9 Å². The molecule has 7 heteroatoms. The van der Waals surface area contributed by atoms with Crippen LogP contribution in [0.1, 0.15) is 19.8 Å². The van der Waals surface area contributed by atoms with Gasteiger partial charge in [-0.05, 0) is 40.8 Å². The quantitative estimate of drug-likeness (QED) is 0.640. The molecule has 0 heterocycles. The summed E-state index contributed by atoms with van der Waals surface area (Å²) < 4.78 is 27.1. The van der Waals surface area contributed by atoms with Crippen molar-refractivity contribution in [1.29, 1.82) is 0 Å². The van der Waals surface area contributed by atoms with Crippen molar-refractivity contribution in [3.8, 4) is 0 Å². The molecule has 0 saturated heterocycles. The summed E-state index contributed by atoms with van der Waals surface area (Å²) in [7, 11) is 0. The number of thiocarbonyl (C=S) groups is 1. The van der Waals surface area contributed by atoms with Gasteiger partial charge >= 0.3 is 0 Å². The zero-order valence-corrected chi connectivity index (χ0v) is 13.1. The number of nitrogens with one attached hydrogen (secondary N) is 1. The molecule has 0 radical (unpaired) electrons. The predicted molar refractivity (Wildman–Crippen MR) is 80.3 cm³/mol. The Hall–Kier alpha value is -1.08. The van der Waals surface area contributed by atoms with Gasteiger partial charge in [0.05, 0.1) is 20.6 Å². The van der Waals surface area contributed by atoms with Crippen molar-refractivity contribution < 1.29 is 13.6 Å². The van der Waals surface area contributed by atoms with Gasteiger partial charge in [0.2, 0.25) is 5.91 Å². The lowest BCUT2D eigenvalue weighted by molar-refractivity contribution is -0.127. The van der Waals surface area contributed by atoms with Crippen LogP contribution in [0.3, 0.4) is 0 Å². The Kier molecular flexibility index (Phi) is 4.11. The van der Waals surface area contributed by atoms with Crippen LogP contribution < -0.4 is 11.1 Å². The van der Waals surface area contributed by atoms with E-state index in [2.05, 4.69) is 21.2 Å². The van der Waals surface area contributed by atoms with Crippen molar-refractivity contribution in [3.05, 3.63) is 28.2 Å². The van der Waals surface area contributed by atoms with E-state index in [0.29, 0.717) is 18.8 Å². The van der Waals surface area contributed by atoms with Gasteiger partial charge in [-0.1, -0.05) is 19.1 Å². The second-order valence-electron chi connectivity index (χ2n) is 5.16. The summed E-state index contributed by atoms with van der Waals surface area (Å²) >= 11 is 7.82. The molecular weight excluding hydrogens is 350 g/mol. The zero-order valence-electron chi connectivity index (χ0n) is 10.7. The molecule has 1 saturated carbocycles. The number of rotatable bonds is 3. The summed E-state index contributed by atoms with van der Waals surface area (Å²) in [4.78, 5) is 12.4. The van der Waals surface area contributed by atoms with Crippen molar-refractivity contribution in [2.75, 3.05) is 5.32 Å². The smallest absolute Gasteiger partial charge is 0.237 e. The largest absolute Gasteiger partial charge is 0.392 e. The van der Waals surface area contributed by atoms with Gasteiger partial charge < -0.3 is 11.1 Å². The Bertz CT molecular complexity index is 588. The van der Waals surface area contributed by atoms with Gasteiger partial charge in [-0.2, -0.15) is 0 Å². The molecule has 3 nitrogen and oxygen atoms in total. The molecule has 0 spiro atoms. The highest BCUT2D eigenvalue weighted by atomic mass is 79.9. The summed E-state index contributed by atoms with van der Waals surface area (Å²) in [5, 5.41) is 2.38. The normalized spacial score (nSPS) is 24.9. The minimum atomic E-state index is -0.954. The number of amides is 1. The molecule has 0 atom stereocenters. The van der Waals surface area contributed by atoms with E-state index in [-0.39, 0.29) is 15.1 Å². The fourth-order valence-corrected chi connectivity index (χ4v) is 3.06. The first-order valence-corrected chi connectivity index (χ1v) is 7.22. The van der Waals surface area contributed by atoms with Crippen LogP contribution in [0.2, 0.25) is 0 Å². The number of benzene rings is 1. The molecule has 0 aliphatic heterocycles. The fourth-order valence-electron chi connectivity index (χ4n) is 2.49. The van der Waals surface area contributed by atoms with Crippen LogP contribution in [0, 0.1) is 23.0 Å². The number of anilines is 1. The molecule has 1 aromatic rings. The van der Waals surface area contributed by atoms with Gasteiger partial charge in [-0.3, -0.25) is 4.79 Å². The molecule has 1 aliphatic rings. The van der Waals surface area contributed by atoms with E-state index in [0.717, 1.165) is 12.1 Å². The van der Waals surface area contributed by atoms with Crippen molar-refractivity contribution >= 4 is 44.7 Å². The average molecular weight is 363 g/mol. The third-order valence-corrected chi connectivity index (χ3v) is 4.56. The van der Waals surface area contributed by atoms with E-state index < -0.39 is 23.0 Å². The summed E-state index contributed by atoms with van der Waals surface area (Å²) in [5.74, 6) is -1.54. The first-order valence-electron chi connectivity index (χ1n) is 6.02. The van der Waals surface area contributed by atoms with Gasteiger partial charge in [0.15, 0.2) is 0 Å². The number of carbonyl (C=O) groups is 1. The third kappa shape index (κ3) is 2.56. The van der Waals surface area contributed by atoms with Gasteiger partial charge in [0.1, 0.15) is 11.6 Å². The molecule has 1 aliphatic carbocycles. The molecule has 108 valence electrons. The van der Waals surface area contributed by atoms with Crippen molar-refractivity contribution in [3.63, 3.8) is 0 Å². The number of halogens is 3. The molecule has 1 amide bonds. The number of nitrogens with two attached hydrogens (primary N) is 1. The minimum absolute atomic E-state index is 0.00526. The number of hydrogen-bond acceptors (Lipinski definition) is 2. The lowest BCUT2D eigenvalue weighted by Gasteiger charge is -2.44. The highest BCUT2D eigenvalue weighted by molar-refractivity contribution is 9.10. The van der Waals surface area contributed by atoms with Crippen LogP contribution in [0.15, 0.2) is 16.6 Å². The van der Waals surface area contributed by atoms with Crippen LogP contribution >= 0.6 is 28.1 Å². The Morgan fingerprint density at radius 2 is 2.05 bits per heavy atom. The maximum absolute atomic E-state index is 13.7. The second-order valence-corrected chi connectivity index (χ2v) is 6.45. The molecule has 0 unspecified atom stereocenters. The van der Waals surface area contributed by atoms with E-state index in [1.807, 2.05) is 6.92 Å². The summed E-state index contributed by atoms with van der Waals surface area (Å²) in [5.41, 5.74) is 4.47. The van der Waals surface area contributed by atoms with Crippen LogP contribution in [-0.2, 0) is 4.79 Å². The van der Waals surface area contributed by atoms with E-state index in [4.69, 9.17) is 18.0 Å². The summed E-state index contributed by atoms with van der Waals surface area (Å²) in [6.45, 7) is 1.98. The molecule has 20 heavy (non-hydrogen) atoms. The topological polar surface area (TPSA) is 55.1 Å². The van der Waals surface area contributed by atoms with Crippen LogP contribution in [0.25, 0.3) is 0 Å². The van der Waals surface area contributed by atoms with E-state index in [1.165, 1.54) is 0 Å². The molecule has 1 aromatic carbocycles. The van der Waals surface area contributed by atoms with Crippen LogP contribution in [0.4, 0.5) is 14.5 Å². The molecule has 3 N–H and O–H groups in total. The average Bonchev–Trinajstić information content (AvgIpc) is 2.31. The van der Waals surface area contributed by atoms with Gasteiger partial charge in [0.25, 0.3) is 0 Å². The highest BCUT2D eigenvalue weighted by Gasteiger charge is 2.51. The number of carbonyl (C=O) groups excluding carboxylic acids is 1. The minimum Gasteiger partial charge on any atom is -0.392 e. The molecule has 0 aromatic heterocycles. The zero-order chi connectivity index (χ0) is 15.1. The molecule has 1 fully saturated rings. The molecule has 2 rings (SSSR count). The van der Waals surface area contributed by atoms with Crippen molar-refractivity contribution in [1.82, 2.24) is 0 Å². The lowest BCUT2D eigenvalue weighted by Crippen LogP contribution is -2.53. The SMILES string of the molecule is CC1CC(C(=O)Nc2cc(F)c(Br)cc2F)(C(N)=S)C1. The third-order valence-electron chi connectivity index (χ3n) is 3.56. The highest BCUT2D eigenvalue weighted by Crippen LogP contribution is 2.46. The van der Waals surface area contributed by atoms with E-state index in [1.54, 1.807) is 0 Å². The van der Waals surface area contributed by atoms with Gasteiger partial charge in [-0.25, -0.2) is 8.78 Å². The first kappa shape index (κ1) is 15.3. The second kappa shape index (κ2) is 5.37. The first-order chi connectivity index (χ1) is 9.26. The van der Waals surface area contributed by atoms with Crippen molar-refractivity contribution in [2.24, 2.45) is 17.1 Å². The number of hydrogen-bond donors (Lipinski definition) is 2. The molecular formula is C13H13BrF2N2OS. The maximum Gasteiger partial charge on any atom is 0.237 e. The van der Waals surface area contributed by atoms with Gasteiger partial charge in [0, 0.05) is 6.07 Å². The Balaban J connectivity index is 2.24. The lowest BCUT2D eigenvalue weighted by atomic mass is 9.62. The summed E-state index contributed by atoms with van der Waals surface area (Å²) in [6, 6.07) is 1.88. The van der Waals surface area contributed by atoms with Crippen molar-refractivity contribution in [2.45, 2.75) is 19.8 Å². The predicted octanol–water partition coefficient (Wildman–Crippen LogP) is 3.37. The maximum atomic E-state index is 13.7. The Morgan fingerprint density at radius 1 is 1.45 bits per heavy atom. The Labute approximate surface area is 129 Å². The van der Waals surface area contributed by atoms with Crippen LogP contribution in [0.5, 0.6) is 0 Å². The fraction of sp³-hybridized carbons (Fsp3) is 0.385. The van der Waals surface area contributed by atoms with E-state index >= 15 is 0 Å². The Morgan fingerprint density at radius 3 is 2.55 bits per heavy atom. The van der Waals surface area contributed by atoms with E-state index in [9.17, 15) is 13.6 Å². The molecule has 0 bridgehead atoms. The standard InChI is InChI=1S/C13H13BrF2N2OS/c1-6-4-13(5-6,11(17)20)12(19)18-10-3-8(15)7(14)2-9(10)16/h2-3,6H,4-5H2,1H3,(H2,17,20)(H,18,19).